The summed E-state index contributed by atoms with van der Waals surface area (Å²) in [6.45, 7) is 8.38. The number of para-hydroxylation sites is 1. The molecule has 5 heteroatoms. The zero-order valence-electron chi connectivity index (χ0n) is 14.2. The first-order chi connectivity index (χ1) is 10.9. The Morgan fingerprint density at radius 2 is 1.87 bits per heavy atom. The molecule has 1 aliphatic carbocycles. The highest BCUT2D eigenvalue weighted by molar-refractivity contribution is 6.36. The predicted octanol–water partition coefficient (Wildman–Crippen LogP) is 3.94. The molecule has 1 aromatic carbocycles. The third-order valence-electron chi connectivity index (χ3n) is 4.38. The van der Waals surface area contributed by atoms with E-state index in [9.17, 15) is 4.79 Å². The number of nitrogens with zero attached hydrogens (tertiary/aromatic N) is 3. The first kappa shape index (κ1) is 16.3. The van der Waals surface area contributed by atoms with Crippen molar-refractivity contribution in [3.63, 3.8) is 0 Å². The fourth-order valence-electron chi connectivity index (χ4n) is 3.11. The van der Waals surface area contributed by atoms with E-state index >= 15 is 0 Å². The van der Waals surface area contributed by atoms with Crippen molar-refractivity contribution in [2.75, 3.05) is 4.90 Å². The number of guanidine groups is 1. The highest BCUT2D eigenvalue weighted by Crippen LogP contribution is 2.36. The number of rotatable bonds is 4. The summed E-state index contributed by atoms with van der Waals surface area (Å²) in [6, 6.07) is 7.95. The first-order valence-electron chi connectivity index (χ1n) is 8.36. The second-order valence-corrected chi connectivity index (χ2v) is 7.38. The van der Waals surface area contributed by atoms with Gasteiger partial charge in [-0.1, -0.05) is 37.6 Å². The molecule has 4 nitrogen and oxygen atoms in total. The number of carbonyl (C=O) groups is 1. The van der Waals surface area contributed by atoms with Gasteiger partial charge in [0.1, 0.15) is 6.04 Å². The number of aliphatic imine (C=N–C) groups is 1. The minimum absolute atomic E-state index is 0.0226. The van der Waals surface area contributed by atoms with Crippen molar-refractivity contribution in [2.45, 2.75) is 58.7 Å². The van der Waals surface area contributed by atoms with Gasteiger partial charge in [-0.2, -0.15) is 0 Å². The molecule has 1 amide bonds. The van der Waals surface area contributed by atoms with Crippen LogP contribution in [0.1, 0.15) is 40.5 Å². The molecular formula is C18H24ClN3O. The van der Waals surface area contributed by atoms with E-state index in [1.165, 1.54) is 0 Å². The van der Waals surface area contributed by atoms with Gasteiger partial charge < -0.3 is 4.90 Å². The number of halogens is 1. The standard InChI is InChI=1S/C18H24ClN3O/c1-11(2)16-17(23)22(15-8-6-5-7-14(15)19)18(20-16)21(12(3)4)13-9-10-13/h5-8,11-13,16H,9-10H2,1-4H3/t16-/m0/s1. The zero-order valence-corrected chi connectivity index (χ0v) is 14.9. The molecule has 3 rings (SSSR count). The third-order valence-corrected chi connectivity index (χ3v) is 4.70. The van der Waals surface area contributed by atoms with E-state index < -0.39 is 0 Å². The number of benzene rings is 1. The Hall–Kier alpha value is -1.55. The van der Waals surface area contributed by atoms with E-state index in [1.54, 1.807) is 4.90 Å². The van der Waals surface area contributed by atoms with Gasteiger partial charge in [0.25, 0.3) is 5.91 Å². The summed E-state index contributed by atoms with van der Waals surface area (Å²) in [7, 11) is 0. The van der Waals surface area contributed by atoms with Crippen LogP contribution in [0.2, 0.25) is 5.02 Å². The van der Waals surface area contributed by atoms with Crippen molar-refractivity contribution >= 4 is 29.2 Å². The van der Waals surface area contributed by atoms with Crippen LogP contribution in [0.5, 0.6) is 0 Å². The van der Waals surface area contributed by atoms with Crippen molar-refractivity contribution in [2.24, 2.45) is 10.9 Å². The Morgan fingerprint density at radius 1 is 1.22 bits per heavy atom. The van der Waals surface area contributed by atoms with Gasteiger partial charge in [-0.25, -0.2) is 9.89 Å². The van der Waals surface area contributed by atoms with E-state index in [4.69, 9.17) is 16.6 Å². The smallest absolute Gasteiger partial charge is 0.259 e. The summed E-state index contributed by atoms with van der Waals surface area (Å²) in [5, 5.41) is 0.581. The van der Waals surface area contributed by atoms with Gasteiger partial charge in [0, 0.05) is 12.1 Å². The van der Waals surface area contributed by atoms with Crippen LogP contribution in [-0.4, -0.2) is 34.9 Å². The molecule has 124 valence electrons. The van der Waals surface area contributed by atoms with Crippen LogP contribution < -0.4 is 4.90 Å². The van der Waals surface area contributed by atoms with Crippen LogP contribution in [0.15, 0.2) is 29.3 Å². The van der Waals surface area contributed by atoms with Crippen LogP contribution in [0.25, 0.3) is 0 Å². The van der Waals surface area contributed by atoms with Gasteiger partial charge >= 0.3 is 0 Å². The van der Waals surface area contributed by atoms with Crippen LogP contribution in [0.3, 0.4) is 0 Å². The van der Waals surface area contributed by atoms with E-state index in [0.29, 0.717) is 17.1 Å². The van der Waals surface area contributed by atoms with Gasteiger partial charge in [-0.05, 0) is 44.7 Å². The van der Waals surface area contributed by atoms with Crippen molar-refractivity contribution in [3.8, 4) is 0 Å². The highest BCUT2D eigenvalue weighted by atomic mass is 35.5. The maximum absolute atomic E-state index is 13.0. The number of hydrogen-bond donors (Lipinski definition) is 0. The number of hydrogen-bond acceptors (Lipinski definition) is 3. The van der Waals surface area contributed by atoms with Crippen LogP contribution in [0, 0.1) is 5.92 Å². The summed E-state index contributed by atoms with van der Waals surface area (Å²) < 4.78 is 0. The van der Waals surface area contributed by atoms with Crippen LogP contribution in [0.4, 0.5) is 5.69 Å². The maximum Gasteiger partial charge on any atom is 0.259 e. The lowest BCUT2D eigenvalue weighted by Crippen LogP contribution is -2.49. The van der Waals surface area contributed by atoms with Crippen molar-refractivity contribution in [1.29, 1.82) is 0 Å². The van der Waals surface area contributed by atoms with Crippen LogP contribution in [-0.2, 0) is 4.79 Å². The summed E-state index contributed by atoms with van der Waals surface area (Å²) in [4.78, 5) is 21.8. The zero-order chi connectivity index (χ0) is 16.7. The Bertz CT molecular complexity index is 635. The average molecular weight is 334 g/mol. The second-order valence-electron chi connectivity index (χ2n) is 6.98. The SMILES string of the molecule is CC(C)[C@@H]1N=C(N(C(C)C)C2CC2)N(c2ccccc2Cl)C1=O. The minimum atomic E-state index is -0.332. The molecule has 1 atom stereocenters. The van der Waals surface area contributed by atoms with Gasteiger partial charge in [-0.3, -0.25) is 4.79 Å². The minimum Gasteiger partial charge on any atom is -0.337 e. The average Bonchev–Trinajstić information content (AvgIpc) is 3.24. The first-order valence-corrected chi connectivity index (χ1v) is 8.74. The Labute approximate surface area is 143 Å². The molecule has 0 saturated heterocycles. The molecule has 1 aromatic rings. The fourth-order valence-corrected chi connectivity index (χ4v) is 3.33. The second kappa shape index (κ2) is 6.16. The van der Waals surface area contributed by atoms with Gasteiger partial charge in [0.2, 0.25) is 5.96 Å². The van der Waals surface area contributed by atoms with Crippen molar-refractivity contribution in [1.82, 2.24) is 4.90 Å². The highest BCUT2D eigenvalue weighted by Gasteiger charge is 2.44. The molecule has 1 heterocycles. The Kier molecular flexibility index (Phi) is 4.37. The normalized spacial score (nSPS) is 21.3. The molecule has 0 radical (unpaired) electrons. The molecule has 0 bridgehead atoms. The van der Waals surface area contributed by atoms with Crippen molar-refractivity contribution in [3.05, 3.63) is 29.3 Å². The predicted molar refractivity (Wildman–Crippen MR) is 95.0 cm³/mol. The number of anilines is 1. The molecule has 0 aromatic heterocycles. The lowest BCUT2D eigenvalue weighted by molar-refractivity contribution is -0.119. The Balaban J connectivity index is 2.06. The summed E-state index contributed by atoms with van der Waals surface area (Å²) in [5.41, 5.74) is 0.729. The molecule has 2 aliphatic rings. The lowest BCUT2D eigenvalue weighted by Gasteiger charge is -2.33. The molecule has 23 heavy (non-hydrogen) atoms. The van der Waals surface area contributed by atoms with E-state index in [0.717, 1.165) is 24.5 Å². The van der Waals surface area contributed by atoms with Gasteiger partial charge in [0.15, 0.2) is 0 Å². The molecule has 1 saturated carbocycles. The fraction of sp³-hybridized carbons (Fsp3) is 0.556. The molecule has 1 aliphatic heterocycles. The number of amides is 1. The third kappa shape index (κ3) is 2.97. The molecule has 0 spiro atoms. The summed E-state index contributed by atoms with van der Waals surface area (Å²) in [5.74, 6) is 0.951. The molecule has 0 N–H and O–H groups in total. The topological polar surface area (TPSA) is 35.9 Å². The maximum atomic E-state index is 13.0. The lowest BCUT2D eigenvalue weighted by atomic mass is 10.0. The molecule has 1 fully saturated rings. The summed E-state index contributed by atoms with van der Waals surface area (Å²) in [6.07, 6.45) is 2.32. The van der Waals surface area contributed by atoms with Crippen molar-refractivity contribution < 1.29 is 4.79 Å². The van der Waals surface area contributed by atoms with E-state index in [1.807, 2.05) is 38.1 Å². The summed E-state index contributed by atoms with van der Waals surface area (Å²) >= 11 is 6.37. The van der Waals surface area contributed by atoms with Gasteiger partial charge in [-0.15, -0.1) is 0 Å². The Morgan fingerprint density at radius 3 is 2.39 bits per heavy atom. The largest absolute Gasteiger partial charge is 0.337 e. The number of carbonyl (C=O) groups excluding carboxylic acids is 1. The molecular weight excluding hydrogens is 310 g/mol. The monoisotopic (exact) mass is 333 g/mol. The van der Waals surface area contributed by atoms with Gasteiger partial charge in [0.05, 0.1) is 10.7 Å². The van der Waals surface area contributed by atoms with E-state index in [-0.39, 0.29) is 17.9 Å². The van der Waals surface area contributed by atoms with Crippen LogP contribution >= 0.6 is 11.6 Å². The van der Waals surface area contributed by atoms with E-state index in [2.05, 4.69) is 18.7 Å². The quantitative estimate of drug-likeness (QED) is 0.836. The molecule has 0 unspecified atom stereocenters.